The van der Waals surface area contributed by atoms with E-state index in [0.717, 1.165) is 50.5 Å². The Labute approximate surface area is 155 Å². The summed E-state index contributed by atoms with van der Waals surface area (Å²) in [7, 11) is 0. The summed E-state index contributed by atoms with van der Waals surface area (Å²) in [4.78, 5) is 19.3. The van der Waals surface area contributed by atoms with E-state index in [-0.39, 0.29) is 6.03 Å². The Balaban J connectivity index is 1.24. The maximum absolute atomic E-state index is 12.4. The Kier molecular flexibility index (Phi) is 4.80. The molecule has 0 saturated carbocycles. The minimum Gasteiger partial charge on any atom is -0.369 e. The lowest BCUT2D eigenvalue weighted by Crippen LogP contribution is -2.64. The van der Waals surface area contributed by atoms with Crippen molar-refractivity contribution < 1.29 is 4.79 Å². The fourth-order valence-corrected chi connectivity index (χ4v) is 3.74. The molecule has 2 aliphatic rings. The van der Waals surface area contributed by atoms with Crippen molar-refractivity contribution in [2.75, 3.05) is 49.5 Å². The van der Waals surface area contributed by atoms with Crippen LogP contribution >= 0.6 is 0 Å². The molecule has 0 unspecified atom stereocenters. The third-order valence-corrected chi connectivity index (χ3v) is 5.49. The van der Waals surface area contributed by atoms with E-state index in [0.29, 0.717) is 6.04 Å². The minimum atomic E-state index is 0.0125. The fourth-order valence-electron chi connectivity index (χ4n) is 3.74. The van der Waals surface area contributed by atoms with E-state index >= 15 is 0 Å². The van der Waals surface area contributed by atoms with Gasteiger partial charge in [0, 0.05) is 56.7 Å². The standard InChI is InChI=1S/C21H26N4O/c1-17-7-5-6-10-20(17)22-21(26)25-15-19(16-25)24-13-11-23(12-14-24)18-8-3-2-4-9-18/h2-10,19H,11-16H2,1H3,(H,22,26). The van der Waals surface area contributed by atoms with E-state index in [1.165, 1.54) is 5.69 Å². The van der Waals surface area contributed by atoms with Crippen LogP contribution in [0.4, 0.5) is 16.2 Å². The van der Waals surface area contributed by atoms with Crippen LogP contribution in [0.25, 0.3) is 0 Å². The zero-order chi connectivity index (χ0) is 17.9. The van der Waals surface area contributed by atoms with E-state index in [1.54, 1.807) is 0 Å². The van der Waals surface area contributed by atoms with Gasteiger partial charge in [-0.1, -0.05) is 36.4 Å². The van der Waals surface area contributed by atoms with E-state index in [4.69, 9.17) is 0 Å². The van der Waals surface area contributed by atoms with E-state index in [1.807, 2.05) is 36.1 Å². The first-order valence-electron chi connectivity index (χ1n) is 9.36. The third-order valence-electron chi connectivity index (χ3n) is 5.49. The summed E-state index contributed by atoms with van der Waals surface area (Å²) in [5.41, 5.74) is 3.30. The van der Waals surface area contributed by atoms with Crippen molar-refractivity contribution in [1.29, 1.82) is 0 Å². The first-order chi connectivity index (χ1) is 12.7. The van der Waals surface area contributed by atoms with Crippen LogP contribution in [0.1, 0.15) is 5.56 Å². The summed E-state index contributed by atoms with van der Waals surface area (Å²) in [6, 6.07) is 19.0. The fraction of sp³-hybridized carbons (Fsp3) is 0.381. The van der Waals surface area contributed by atoms with Gasteiger partial charge in [-0.2, -0.15) is 0 Å². The van der Waals surface area contributed by atoms with Gasteiger partial charge in [-0.05, 0) is 30.7 Å². The van der Waals surface area contributed by atoms with Crippen LogP contribution < -0.4 is 10.2 Å². The highest BCUT2D eigenvalue weighted by Gasteiger charge is 2.36. The van der Waals surface area contributed by atoms with Crippen LogP contribution in [-0.4, -0.2) is 61.1 Å². The summed E-state index contributed by atoms with van der Waals surface area (Å²) in [6.07, 6.45) is 0. The van der Waals surface area contributed by atoms with Crippen molar-refractivity contribution >= 4 is 17.4 Å². The van der Waals surface area contributed by atoms with Gasteiger partial charge in [-0.3, -0.25) is 4.90 Å². The second-order valence-electron chi connectivity index (χ2n) is 7.16. The molecule has 2 amide bonds. The monoisotopic (exact) mass is 350 g/mol. The molecule has 2 heterocycles. The molecule has 0 spiro atoms. The number of hydrogen-bond donors (Lipinski definition) is 1. The largest absolute Gasteiger partial charge is 0.369 e. The predicted octanol–water partition coefficient (Wildman–Crippen LogP) is 3.03. The lowest BCUT2D eigenvalue weighted by Gasteiger charge is -2.48. The highest BCUT2D eigenvalue weighted by Crippen LogP contribution is 2.22. The maximum atomic E-state index is 12.4. The molecule has 0 atom stereocenters. The molecule has 136 valence electrons. The summed E-state index contributed by atoms with van der Waals surface area (Å²) in [5.74, 6) is 0. The number of benzene rings is 2. The number of carbonyl (C=O) groups is 1. The molecule has 2 fully saturated rings. The van der Waals surface area contributed by atoms with Crippen molar-refractivity contribution in [3.63, 3.8) is 0 Å². The zero-order valence-corrected chi connectivity index (χ0v) is 15.3. The Hall–Kier alpha value is -2.53. The summed E-state index contributed by atoms with van der Waals surface area (Å²) in [5, 5.41) is 3.02. The van der Waals surface area contributed by atoms with Crippen molar-refractivity contribution in [2.24, 2.45) is 0 Å². The molecule has 0 aliphatic carbocycles. The van der Waals surface area contributed by atoms with Gasteiger partial charge in [0.2, 0.25) is 0 Å². The normalized spacial score (nSPS) is 18.5. The van der Waals surface area contributed by atoms with Crippen molar-refractivity contribution in [2.45, 2.75) is 13.0 Å². The second-order valence-corrected chi connectivity index (χ2v) is 7.16. The van der Waals surface area contributed by atoms with Gasteiger partial charge < -0.3 is 15.1 Å². The Bertz CT molecular complexity index is 750. The number of anilines is 2. The number of carbonyl (C=O) groups excluding carboxylic acids is 1. The predicted molar refractivity (Wildman–Crippen MR) is 106 cm³/mol. The third kappa shape index (κ3) is 3.53. The molecule has 2 aliphatic heterocycles. The zero-order valence-electron chi connectivity index (χ0n) is 15.3. The minimum absolute atomic E-state index is 0.0125. The molecule has 2 aromatic rings. The number of aryl methyl sites for hydroxylation is 1. The number of piperazine rings is 1. The Morgan fingerprint density at radius 3 is 2.27 bits per heavy atom. The van der Waals surface area contributed by atoms with Crippen LogP contribution in [0.15, 0.2) is 54.6 Å². The van der Waals surface area contributed by atoms with Crippen molar-refractivity contribution in [3.8, 4) is 0 Å². The van der Waals surface area contributed by atoms with E-state index in [9.17, 15) is 4.79 Å². The van der Waals surface area contributed by atoms with Crippen LogP contribution in [0, 0.1) is 6.92 Å². The number of rotatable bonds is 3. The Morgan fingerprint density at radius 1 is 0.923 bits per heavy atom. The molecule has 1 N–H and O–H groups in total. The van der Waals surface area contributed by atoms with Gasteiger partial charge in [-0.15, -0.1) is 0 Å². The molecular formula is C21H26N4O. The molecule has 0 radical (unpaired) electrons. The van der Waals surface area contributed by atoms with Crippen LogP contribution in [0.5, 0.6) is 0 Å². The van der Waals surface area contributed by atoms with Gasteiger partial charge in [0.05, 0.1) is 0 Å². The van der Waals surface area contributed by atoms with Crippen LogP contribution in [-0.2, 0) is 0 Å². The van der Waals surface area contributed by atoms with Gasteiger partial charge in [-0.25, -0.2) is 4.79 Å². The molecule has 5 heteroatoms. The van der Waals surface area contributed by atoms with E-state index in [2.05, 4.69) is 45.4 Å². The van der Waals surface area contributed by atoms with Gasteiger partial charge in [0.25, 0.3) is 0 Å². The lowest BCUT2D eigenvalue weighted by molar-refractivity contribution is 0.0578. The lowest BCUT2D eigenvalue weighted by atomic mass is 10.1. The van der Waals surface area contributed by atoms with E-state index < -0.39 is 0 Å². The molecule has 0 aromatic heterocycles. The van der Waals surface area contributed by atoms with Crippen LogP contribution in [0.2, 0.25) is 0 Å². The molecule has 4 rings (SSSR count). The van der Waals surface area contributed by atoms with Crippen molar-refractivity contribution in [1.82, 2.24) is 9.80 Å². The topological polar surface area (TPSA) is 38.8 Å². The van der Waals surface area contributed by atoms with Crippen LogP contribution in [0.3, 0.4) is 0 Å². The summed E-state index contributed by atoms with van der Waals surface area (Å²) in [6.45, 7) is 7.89. The number of nitrogens with zero attached hydrogens (tertiary/aromatic N) is 3. The Morgan fingerprint density at radius 2 is 1.58 bits per heavy atom. The smallest absolute Gasteiger partial charge is 0.321 e. The number of likely N-dealkylation sites (tertiary alicyclic amines) is 1. The van der Waals surface area contributed by atoms with Crippen molar-refractivity contribution in [3.05, 3.63) is 60.2 Å². The molecular weight excluding hydrogens is 324 g/mol. The first kappa shape index (κ1) is 16.9. The number of nitrogens with one attached hydrogen (secondary N) is 1. The van der Waals surface area contributed by atoms with Gasteiger partial charge >= 0.3 is 6.03 Å². The van der Waals surface area contributed by atoms with Gasteiger partial charge in [0.1, 0.15) is 0 Å². The molecule has 5 nitrogen and oxygen atoms in total. The maximum Gasteiger partial charge on any atom is 0.321 e. The molecule has 0 bridgehead atoms. The highest BCUT2D eigenvalue weighted by molar-refractivity contribution is 5.90. The first-order valence-corrected chi connectivity index (χ1v) is 9.36. The summed E-state index contributed by atoms with van der Waals surface area (Å²) < 4.78 is 0. The molecule has 2 saturated heterocycles. The average molecular weight is 350 g/mol. The number of hydrogen-bond acceptors (Lipinski definition) is 3. The molecule has 26 heavy (non-hydrogen) atoms. The quantitative estimate of drug-likeness (QED) is 0.925. The SMILES string of the molecule is Cc1ccccc1NC(=O)N1CC(N2CCN(c3ccccc3)CC2)C1. The number of amides is 2. The average Bonchev–Trinajstić information content (AvgIpc) is 2.64. The second kappa shape index (κ2) is 7.38. The van der Waals surface area contributed by atoms with Gasteiger partial charge in [0.15, 0.2) is 0 Å². The molecule has 2 aromatic carbocycles. The summed E-state index contributed by atoms with van der Waals surface area (Å²) >= 11 is 0. The number of urea groups is 1. The number of para-hydroxylation sites is 2. The highest BCUT2D eigenvalue weighted by atomic mass is 16.2.